The van der Waals surface area contributed by atoms with Gasteiger partial charge < -0.3 is 45.7 Å². The van der Waals surface area contributed by atoms with Gasteiger partial charge >= 0.3 is 0 Å². The Bertz CT molecular complexity index is 1120. The minimum Gasteiger partial charge on any atom is -0.494 e. The van der Waals surface area contributed by atoms with E-state index in [4.69, 9.17) is 19.9 Å². The topological polar surface area (TPSA) is 192 Å². The van der Waals surface area contributed by atoms with E-state index in [0.29, 0.717) is 26.1 Å². The molecule has 5 atom stereocenters. The molecule has 1 fully saturated rings. The van der Waals surface area contributed by atoms with E-state index in [1.165, 1.54) is 0 Å². The molecule has 1 amide bonds. The number of aliphatic hydroxyl groups is 4. The van der Waals surface area contributed by atoms with Gasteiger partial charge in [-0.15, -0.1) is 5.10 Å². The Balaban J connectivity index is 1.64. The number of aryl methyl sites for hydroxylation is 1. The number of benzene rings is 1. The fourth-order valence-corrected chi connectivity index (χ4v) is 4.40. The molecule has 1 aliphatic heterocycles. The predicted molar refractivity (Wildman–Crippen MR) is 147 cm³/mol. The highest BCUT2D eigenvalue weighted by molar-refractivity contribution is 5.80. The summed E-state index contributed by atoms with van der Waals surface area (Å²) < 4.78 is 17.3. The molecule has 3 rings (SSSR count). The summed E-state index contributed by atoms with van der Waals surface area (Å²) in [5, 5.41) is 50.6. The second-order valence-electron chi connectivity index (χ2n) is 11.3. The number of nitrogens with zero attached hydrogens (tertiary/aromatic N) is 1. The summed E-state index contributed by atoms with van der Waals surface area (Å²) in [6.07, 6.45) is -5.72. The number of hydrogen-bond acceptors (Lipinski definition) is 10. The van der Waals surface area contributed by atoms with E-state index in [2.05, 4.69) is 15.5 Å². The molecule has 1 aromatic carbocycles. The molecule has 224 valence electrons. The Kier molecular flexibility index (Phi) is 10.9. The molecule has 1 aliphatic rings. The molecule has 0 aliphatic carbocycles. The zero-order valence-electron chi connectivity index (χ0n) is 23.9. The molecule has 2 aromatic rings. The van der Waals surface area contributed by atoms with Crippen LogP contribution in [0.3, 0.4) is 0 Å². The SMILES string of the molecule is Cc1cc(OCCCNCC(C)(C)C(N)=O)ccc1Cc1c(O[C@@H]2OC(CO)[C@@H](O)[C@@H](O)C2O)n[nH]c1C(C)C. The zero-order valence-corrected chi connectivity index (χ0v) is 23.9. The number of nitrogens with one attached hydrogen (secondary N) is 2. The monoisotopic (exact) mass is 564 g/mol. The van der Waals surface area contributed by atoms with Gasteiger partial charge in [0.05, 0.1) is 18.6 Å². The Labute approximate surface area is 234 Å². The highest BCUT2D eigenvalue weighted by Gasteiger charge is 2.45. The van der Waals surface area contributed by atoms with Crippen molar-refractivity contribution in [1.29, 1.82) is 0 Å². The van der Waals surface area contributed by atoms with E-state index in [0.717, 1.165) is 34.6 Å². The molecular weight excluding hydrogens is 520 g/mol. The van der Waals surface area contributed by atoms with Crippen LogP contribution in [0.2, 0.25) is 0 Å². The van der Waals surface area contributed by atoms with Crippen LogP contribution in [0.5, 0.6) is 11.6 Å². The molecule has 2 unspecified atom stereocenters. The summed E-state index contributed by atoms with van der Waals surface area (Å²) in [5.41, 5.74) is 8.45. The highest BCUT2D eigenvalue weighted by Crippen LogP contribution is 2.32. The molecule has 8 N–H and O–H groups in total. The van der Waals surface area contributed by atoms with Gasteiger partial charge in [-0.3, -0.25) is 9.89 Å². The van der Waals surface area contributed by atoms with Crippen LogP contribution in [0.1, 0.15) is 62.4 Å². The van der Waals surface area contributed by atoms with Crippen LogP contribution in [-0.4, -0.2) is 93.5 Å². The average Bonchev–Trinajstić information content (AvgIpc) is 3.30. The Hall–Kier alpha value is -2.74. The number of H-pyrrole nitrogens is 1. The quantitative estimate of drug-likeness (QED) is 0.159. The van der Waals surface area contributed by atoms with Crippen molar-refractivity contribution in [3.63, 3.8) is 0 Å². The second-order valence-corrected chi connectivity index (χ2v) is 11.3. The molecule has 1 saturated heterocycles. The summed E-state index contributed by atoms with van der Waals surface area (Å²) >= 11 is 0. The van der Waals surface area contributed by atoms with E-state index < -0.39 is 42.7 Å². The van der Waals surface area contributed by atoms with Gasteiger partial charge in [0.25, 0.3) is 0 Å². The molecule has 1 aromatic heterocycles. The molecule has 0 spiro atoms. The molecule has 12 heteroatoms. The number of carbonyl (C=O) groups excluding carboxylic acids is 1. The van der Waals surface area contributed by atoms with Gasteiger partial charge in [0.1, 0.15) is 30.2 Å². The number of amides is 1. The van der Waals surface area contributed by atoms with Gasteiger partial charge in [0.15, 0.2) is 0 Å². The van der Waals surface area contributed by atoms with Crippen LogP contribution < -0.4 is 20.5 Å². The first kappa shape index (κ1) is 31.8. The van der Waals surface area contributed by atoms with Crippen LogP contribution >= 0.6 is 0 Å². The van der Waals surface area contributed by atoms with Gasteiger partial charge in [0, 0.05) is 24.2 Å². The first-order valence-electron chi connectivity index (χ1n) is 13.6. The lowest BCUT2D eigenvalue weighted by Crippen LogP contribution is -2.60. The number of aromatic nitrogens is 2. The van der Waals surface area contributed by atoms with Crippen molar-refractivity contribution in [2.24, 2.45) is 11.1 Å². The summed E-state index contributed by atoms with van der Waals surface area (Å²) in [7, 11) is 0. The third kappa shape index (κ3) is 7.71. The maximum Gasteiger partial charge on any atom is 0.238 e. The number of nitrogens with two attached hydrogens (primary N) is 1. The zero-order chi connectivity index (χ0) is 29.6. The molecule has 2 heterocycles. The number of aliphatic hydroxyl groups excluding tert-OH is 4. The van der Waals surface area contributed by atoms with E-state index >= 15 is 0 Å². The van der Waals surface area contributed by atoms with Gasteiger partial charge in [-0.2, -0.15) is 0 Å². The molecule has 0 saturated carbocycles. The van der Waals surface area contributed by atoms with Crippen molar-refractivity contribution in [2.45, 2.75) is 84.1 Å². The molecule has 40 heavy (non-hydrogen) atoms. The maximum absolute atomic E-state index is 11.4. The summed E-state index contributed by atoms with van der Waals surface area (Å²) in [5.74, 6) is 0.711. The van der Waals surface area contributed by atoms with Crippen LogP contribution in [-0.2, 0) is 16.0 Å². The van der Waals surface area contributed by atoms with Crippen LogP contribution in [0.4, 0.5) is 0 Å². The third-order valence-corrected chi connectivity index (χ3v) is 7.20. The number of rotatable bonds is 14. The van der Waals surface area contributed by atoms with Crippen LogP contribution in [0, 0.1) is 12.3 Å². The van der Waals surface area contributed by atoms with E-state index in [-0.39, 0.29) is 17.7 Å². The Morgan fingerprint density at radius 1 is 1.23 bits per heavy atom. The summed E-state index contributed by atoms with van der Waals surface area (Å²) in [4.78, 5) is 11.4. The fraction of sp³-hybridized carbons (Fsp3) is 0.643. The van der Waals surface area contributed by atoms with Crippen molar-refractivity contribution in [1.82, 2.24) is 15.5 Å². The minimum atomic E-state index is -1.55. The molecular formula is C28H44N4O8. The van der Waals surface area contributed by atoms with Gasteiger partial charge in [0.2, 0.25) is 18.1 Å². The van der Waals surface area contributed by atoms with Crippen molar-refractivity contribution in [3.05, 3.63) is 40.6 Å². The van der Waals surface area contributed by atoms with E-state index in [9.17, 15) is 25.2 Å². The van der Waals surface area contributed by atoms with E-state index in [1.807, 2.05) is 39.0 Å². The largest absolute Gasteiger partial charge is 0.494 e. The lowest BCUT2D eigenvalue weighted by Gasteiger charge is -2.39. The molecule has 0 radical (unpaired) electrons. The van der Waals surface area contributed by atoms with Crippen molar-refractivity contribution < 1.29 is 39.4 Å². The Morgan fingerprint density at radius 3 is 2.58 bits per heavy atom. The lowest BCUT2D eigenvalue weighted by molar-refractivity contribution is -0.278. The van der Waals surface area contributed by atoms with Crippen LogP contribution in [0.15, 0.2) is 18.2 Å². The number of carbonyl (C=O) groups is 1. The van der Waals surface area contributed by atoms with Crippen molar-refractivity contribution >= 4 is 5.91 Å². The normalized spacial score (nSPS) is 23.4. The lowest BCUT2D eigenvalue weighted by atomic mass is 9.93. The predicted octanol–water partition coefficient (Wildman–Crippen LogP) is 0.481. The summed E-state index contributed by atoms with van der Waals surface area (Å²) in [6.45, 7) is 10.8. The van der Waals surface area contributed by atoms with Gasteiger partial charge in [-0.1, -0.05) is 19.9 Å². The third-order valence-electron chi connectivity index (χ3n) is 7.20. The number of hydrogen-bond donors (Lipinski definition) is 7. The molecule has 12 nitrogen and oxygen atoms in total. The average molecular weight is 565 g/mol. The van der Waals surface area contributed by atoms with Gasteiger partial charge in [-0.05, 0) is 62.9 Å². The maximum atomic E-state index is 11.4. The molecule has 0 bridgehead atoms. The second kappa shape index (κ2) is 13.7. The fourth-order valence-electron chi connectivity index (χ4n) is 4.40. The highest BCUT2D eigenvalue weighted by atomic mass is 16.7. The number of ether oxygens (including phenoxy) is 3. The first-order chi connectivity index (χ1) is 18.9. The first-order valence-corrected chi connectivity index (χ1v) is 13.6. The van der Waals surface area contributed by atoms with Crippen molar-refractivity contribution in [3.8, 4) is 11.6 Å². The number of primary amides is 1. The van der Waals surface area contributed by atoms with Crippen molar-refractivity contribution in [2.75, 3.05) is 26.3 Å². The minimum absolute atomic E-state index is 0.0970. The number of aromatic amines is 1. The Morgan fingerprint density at radius 2 is 1.95 bits per heavy atom. The standard InChI is InChI=1S/C28H44N4O8/c1-15(2)21-19(25(32-31-21)40-26-24(36)23(35)22(34)20(13-33)39-26)12-17-7-8-18(11-16(17)3)38-10-6-9-30-14-28(4,5)27(29)37/h7-8,11,15,20,22-24,26,30,33-36H,6,9-10,12-14H2,1-5H3,(H2,29,37)(H,31,32)/t20?,22-,23-,24?,26+/m1/s1. The van der Waals surface area contributed by atoms with Gasteiger partial charge in [-0.25, -0.2) is 0 Å². The van der Waals surface area contributed by atoms with Crippen LogP contribution in [0.25, 0.3) is 0 Å². The smallest absolute Gasteiger partial charge is 0.238 e. The summed E-state index contributed by atoms with van der Waals surface area (Å²) in [6, 6.07) is 5.85. The van der Waals surface area contributed by atoms with E-state index in [1.54, 1.807) is 13.8 Å².